The molecule has 5 heteroatoms. The van der Waals surface area contributed by atoms with Gasteiger partial charge in [0.05, 0.1) is 13.0 Å². The summed E-state index contributed by atoms with van der Waals surface area (Å²) < 4.78 is 0. The van der Waals surface area contributed by atoms with Gasteiger partial charge in [-0.25, -0.2) is 0 Å². The van der Waals surface area contributed by atoms with Crippen molar-refractivity contribution in [3.63, 3.8) is 0 Å². The number of rotatable bonds is 8. The maximum atomic E-state index is 11.1. The maximum Gasteiger partial charge on any atom is 0.303 e. The lowest BCUT2D eigenvalue weighted by molar-refractivity contribution is -0.139. The molecule has 0 aliphatic carbocycles. The first-order valence-corrected chi connectivity index (χ1v) is 6.10. The average molecular weight is 244 g/mol. The molecule has 0 radical (unpaired) electrons. The molecule has 0 rings (SSSR count). The van der Waals surface area contributed by atoms with Crippen LogP contribution in [0, 0.1) is 17.8 Å². The van der Waals surface area contributed by atoms with E-state index in [0.29, 0.717) is 12.5 Å². The number of carbonyl (C=O) groups is 2. The number of hydrogen-bond acceptors (Lipinski definition) is 3. The van der Waals surface area contributed by atoms with E-state index in [2.05, 4.69) is 19.2 Å². The summed E-state index contributed by atoms with van der Waals surface area (Å²) in [4.78, 5) is 21.9. The lowest BCUT2D eigenvalue weighted by Gasteiger charge is -2.27. The highest BCUT2D eigenvalue weighted by molar-refractivity contribution is 5.77. The topological polar surface area (TPSA) is 92.4 Å². The molecule has 0 saturated heterocycles. The molecular weight excluding hydrogens is 220 g/mol. The molecule has 0 aromatic carbocycles. The van der Waals surface area contributed by atoms with Crippen molar-refractivity contribution in [3.05, 3.63) is 0 Å². The van der Waals surface area contributed by atoms with Gasteiger partial charge in [0.1, 0.15) is 0 Å². The molecule has 0 aromatic rings. The van der Waals surface area contributed by atoms with E-state index >= 15 is 0 Å². The smallest absolute Gasteiger partial charge is 0.303 e. The standard InChI is InChI=1S/C12H24N2O3/c1-4-8(2)9(3)10(5-12(16)17)7-14-11(15)6-13/h8-10H,4-7,13H2,1-3H3,(H,14,15)(H,16,17)/t8-,9-,10+/m1/s1. The molecule has 5 nitrogen and oxygen atoms in total. The fraction of sp³-hybridized carbons (Fsp3) is 0.833. The first-order valence-electron chi connectivity index (χ1n) is 6.10. The van der Waals surface area contributed by atoms with Gasteiger partial charge in [-0.3, -0.25) is 9.59 Å². The first kappa shape index (κ1) is 15.9. The summed E-state index contributed by atoms with van der Waals surface area (Å²) in [5.41, 5.74) is 5.19. The van der Waals surface area contributed by atoms with Gasteiger partial charge in [-0.15, -0.1) is 0 Å². The van der Waals surface area contributed by atoms with Gasteiger partial charge in [0.2, 0.25) is 5.91 Å². The maximum absolute atomic E-state index is 11.1. The molecule has 100 valence electrons. The summed E-state index contributed by atoms with van der Waals surface area (Å²) in [6.07, 6.45) is 1.08. The number of aliphatic carboxylic acids is 1. The summed E-state index contributed by atoms with van der Waals surface area (Å²) in [6.45, 7) is 6.55. The highest BCUT2D eigenvalue weighted by Crippen LogP contribution is 2.25. The number of carbonyl (C=O) groups excluding carboxylic acids is 1. The summed E-state index contributed by atoms with van der Waals surface area (Å²) in [5.74, 6) is -0.412. The quantitative estimate of drug-likeness (QED) is 0.589. The molecule has 3 atom stereocenters. The fourth-order valence-corrected chi connectivity index (χ4v) is 1.82. The van der Waals surface area contributed by atoms with Crippen molar-refractivity contribution in [2.45, 2.75) is 33.6 Å². The van der Waals surface area contributed by atoms with Gasteiger partial charge < -0.3 is 16.2 Å². The van der Waals surface area contributed by atoms with Crippen LogP contribution in [-0.2, 0) is 9.59 Å². The molecule has 0 unspecified atom stereocenters. The first-order chi connectivity index (χ1) is 7.92. The van der Waals surface area contributed by atoms with Crippen molar-refractivity contribution in [2.75, 3.05) is 13.1 Å². The van der Waals surface area contributed by atoms with Crippen LogP contribution >= 0.6 is 0 Å². The van der Waals surface area contributed by atoms with Gasteiger partial charge in [0.15, 0.2) is 0 Å². The third-order valence-electron chi connectivity index (χ3n) is 3.47. The van der Waals surface area contributed by atoms with Gasteiger partial charge in [-0.05, 0) is 17.8 Å². The highest BCUT2D eigenvalue weighted by Gasteiger charge is 2.24. The molecule has 1 amide bonds. The number of nitrogens with two attached hydrogens (primary N) is 1. The minimum atomic E-state index is -0.827. The van der Waals surface area contributed by atoms with Gasteiger partial charge in [-0.2, -0.15) is 0 Å². The molecular formula is C12H24N2O3. The van der Waals surface area contributed by atoms with Crippen molar-refractivity contribution in [1.82, 2.24) is 5.32 Å². The zero-order valence-electron chi connectivity index (χ0n) is 10.9. The van der Waals surface area contributed by atoms with Crippen molar-refractivity contribution in [3.8, 4) is 0 Å². The van der Waals surface area contributed by atoms with Crippen LogP contribution in [0.25, 0.3) is 0 Å². The van der Waals surface area contributed by atoms with Gasteiger partial charge >= 0.3 is 5.97 Å². The highest BCUT2D eigenvalue weighted by atomic mass is 16.4. The minimum Gasteiger partial charge on any atom is -0.481 e. The van der Waals surface area contributed by atoms with Gasteiger partial charge in [-0.1, -0.05) is 27.2 Å². The summed E-state index contributed by atoms with van der Waals surface area (Å²) >= 11 is 0. The van der Waals surface area contributed by atoms with Crippen LogP contribution in [-0.4, -0.2) is 30.1 Å². The zero-order chi connectivity index (χ0) is 13.4. The monoisotopic (exact) mass is 244 g/mol. The molecule has 0 spiro atoms. The number of hydrogen-bond donors (Lipinski definition) is 3. The number of carboxylic acids is 1. The Labute approximate surface area is 103 Å². The second-order valence-corrected chi connectivity index (χ2v) is 4.61. The third-order valence-corrected chi connectivity index (χ3v) is 3.47. The molecule has 0 aromatic heterocycles. The van der Waals surface area contributed by atoms with E-state index in [4.69, 9.17) is 10.8 Å². The minimum absolute atomic E-state index is 0.0436. The fourth-order valence-electron chi connectivity index (χ4n) is 1.82. The van der Waals surface area contributed by atoms with Crippen molar-refractivity contribution < 1.29 is 14.7 Å². The molecule has 0 aliphatic rings. The largest absolute Gasteiger partial charge is 0.481 e. The summed E-state index contributed by atoms with van der Waals surface area (Å²) in [6, 6.07) is 0. The Balaban J connectivity index is 4.41. The number of carboxylic acid groups (broad SMARTS) is 1. The number of amides is 1. The van der Waals surface area contributed by atoms with E-state index in [0.717, 1.165) is 6.42 Å². The van der Waals surface area contributed by atoms with Crippen molar-refractivity contribution in [2.24, 2.45) is 23.5 Å². The second-order valence-electron chi connectivity index (χ2n) is 4.61. The summed E-state index contributed by atoms with van der Waals surface area (Å²) in [7, 11) is 0. The van der Waals surface area contributed by atoms with Crippen molar-refractivity contribution in [1.29, 1.82) is 0 Å². The molecule has 0 saturated carbocycles. The van der Waals surface area contributed by atoms with Gasteiger partial charge in [0, 0.05) is 6.54 Å². The van der Waals surface area contributed by atoms with Crippen LogP contribution in [0.3, 0.4) is 0 Å². The predicted molar refractivity (Wildman–Crippen MR) is 66.4 cm³/mol. The number of nitrogens with one attached hydrogen (secondary N) is 1. The molecule has 0 heterocycles. The molecule has 0 bridgehead atoms. The molecule has 0 fully saturated rings. The van der Waals surface area contributed by atoms with Crippen molar-refractivity contribution >= 4 is 11.9 Å². The average Bonchev–Trinajstić information content (AvgIpc) is 2.31. The van der Waals surface area contributed by atoms with Crippen LogP contribution in [0.1, 0.15) is 33.6 Å². The SMILES string of the molecule is CC[C@@H](C)[C@@H](C)[C@H](CNC(=O)CN)CC(=O)O. The lowest BCUT2D eigenvalue weighted by atomic mass is 9.81. The van der Waals surface area contributed by atoms with E-state index in [1.54, 1.807) is 0 Å². The molecule has 4 N–H and O–H groups in total. The summed E-state index contributed by atoms with van der Waals surface area (Å²) in [5, 5.41) is 11.5. The van der Waals surface area contributed by atoms with Crippen LogP contribution in [0.2, 0.25) is 0 Å². The Morgan fingerprint density at radius 3 is 2.35 bits per heavy atom. The third kappa shape index (κ3) is 6.26. The molecule has 17 heavy (non-hydrogen) atoms. The molecule has 0 aliphatic heterocycles. The Hall–Kier alpha value is -1.10. The Morgan fingerprint density at radius 2 is 1.94 bits per heavy atom. The predicted octanol–water partition coefficient (Wildman–Crippen LogP) is 0.834. The van der Waals surface area contributed by atoms with E-state index < -0.39 is 5.97 Å². The van der Waals surface area contributed by atoms with E-state index in [-0.39, 0.29) is 30.7 Å². The zero-order valence-corrected chi connectivity index (χ0v) is 10.9. The van der Waals surface area contributed by atoms with E-state index in [9.17, 15) is 9.59 Å². The van der Waals surface area contributed by atoms with E-state index in [1.807, 2.05) is 6.92 Å². The Bertz CT molecular complexity index is 256. The van der Waals surface area contributed by atoms with E-state index in [1.165, 1.54) is 0 Å². The second kappa shape index (κ2) is 8.06. The van der Waals surface area contributed by atoms with Crippen LogP contribution in [0.15, 0.2) is 0 Å². The lowest BCUT2D eigenvalue weighted by Crippen LogP contribution is -2.37. The van der Waals surface area contributed by atoms with Crippen LogP contribution in [0.5, 0.6) is 0 Å². The van der Waals surface area contributed by atoms with Crippen LogP contribution in [0.4, 0.5) is 0 Å². The Kier molecular flexibility index (Phi) is 7.54. The normalized spacial score (nSPS) is 16.0. The van der Waals surface area contributed by atoms with Crippen LogP contribution < -0.4 is 11.1 Å². The van der Waals surface area contributed by atoms with Gasteiger partial charge in [0.25, 0.3) is 0 Å². The Morgan fingerprint density at radius 1 is 1.35 bits per heavy atom.